The fraction of sp³-hybridized carbons (Fsp3) is 0.875. The van der Waals surface area contributed by atoms with Gasteiger partial charge in [-0.25, -0.2) is 0 Å². The number of amides is 1. The zero-order chi connectivity index (χ0) is 15.5. The first-order chi connectivity index (χ1) is 9.78. The summed E-state index contributed by atoms with van der Waals surface area (Å²) in [6.45, 7) is 12.8. The van der Waals surface area contributed by atoms with Crippen molar-refractivity contribution in [2.24, 2.45) is 10.8 Å². The van der Waals surface area contributed by atoms with Crippen molar-refractivity contribution in [2.45, 2.75) is 46.1 Å². The van der Waals surface area contributed by atoms with Crippen LogP contribution < -0.4 is 4.90 Å². The van der Waals surface area contributed by atoms with Gasteiger partial charge < -0.3 is 14.5 Å². The number of carbonyl (C=O) groups is 2. The van der Waals surface area contributed by atoms with E-state index in [2.05, 4.69) is 6.92 Å². The molecule has 1 N–H and O–H groups in total. The Hall–Kier alpha value is -1.10. The Morgan fingerprint density at radius 1 is 1.24 bits per heavy atom. The number of quaternary nitrogens is 1. The monoisotopic (exact) mass is 295 g/mol. The molecule has 3 rings (SSSR count). The molecule has 0 aromatic heterocycles. The summed E-state index contributed by atoms with van der Waals surface area (Å²) in [5.41, 5.74) is -1.87. The van der Waals surface area contributed by atoms with Crippen LogP contribution in [0.5, 0.6) is 0 Å². The van der Waals surface area contributed by atoms with Gasteiger partial charge in [0.2, 0.25) is 0 Å². The van der Waals surface area contributed by atoms with E-state index in [1.54, 1.807) is 0 Å². The summed E-state index contributed by atoms with van der Waals surface area (Å²) in [5.74, 6) is -0.151. The highest BCUT2D eigenvalue weighted by atomic mass is 16.6. The maximum Gasteiger partial charge on any atom is 0.313 e. The third-order valence-corrected chi connectivity index (χ3v) is 6.69. The molecule has 2 atom stereocenters. The van der Waals surface area contributed by atoms with E-state index in [9.17, 15) is 9.59 Å². The van der Waals surface area contributed by atoms with Crippen LogP contribution in [-0.4, -0.2) is 55.1 Å². The van der Waals surface area contributed by atoms with Gasteiger partial charge in [-0.2, -0.15) is 0 Å². The Morgan fingerprint density at radius 2 is 1.86 bits per heavy atom. The first-order valence-electron chi connectivity index (χ1n) is 8.15. The van der Waals surface area contributed by atoms with Crippen LogP contribution >= 0.6 is 0 Å². The van der Waals surface area contributed by atoms with Crippen molar-refractivity contribution in [1.29, 1.82) is 0 Å². The molecular formula is C16H27N2O3+. The smallest absolute Gasteiger partial charge is 0.313 e. The molecule has 0 aromatic rings. The lowest BCUT2D eigenvalue weighted by Gasteiger charge is -2.41. The Kier molecular flexibility index (Phi) is 3.14. The van der Waals surface area contributed by atoms with Crippen molar-refractivity contribution in [1.82, 2.24) is 4.90 Å². The van der Waals surface area contributed by atoms with Crippen LogP contribution in [0.3, 0.4) is 0 Å². The molecule has 2 unspecified atom stereocenters. The number of hydrogen-bond acceptors (Lipinski definition) is 3. The van der Waals surface area contributed by atoms with Crippen LogP contribution in [0.1, 0.15) is 40.5 Å². The van der Waals surface area contributed by atoms with E-state index < -0.39 is 16.4 Å². The second-order valence-electron chi connectivity index (χ2n) is 7.57. The standard InChI is InChI=1S/C16H26N2O3/c1-5-17-8-10-18(11-9-17)12(19)16-7-6-15(4,13(20)21-16)14(16,2)3/h5-11H2,1-4H3/p+1. The predicted octanol–water partition coefficient (Wildman–Crippen LogP) is -0.145. The number of carbonyl (C=O) groups excluding carboxylic acids is 2. The van der Waals surface area contributed by atoms with Gasteiger partial charge in [0.25, 0.3) is 5.91 Å². The van der Waals surface area contributed by atoms with Gasteiger partial charge in [-0.1, -0.05) is 13.8 Å². The maximum atomic E-state index is 13.1. The van der Waals surface area contributed by atoms with Gasteiger partial charge in [-0.05, 0) is 26.7 Å². The summed E-state index contributed by atoms with van der Waals surface area (Å²) in [6.07, 6.45) is 1.42. The summed E-state index contributed by atoms with van der Waals surface area (Å²) in [7, 11) is 0. The highest BCUT2D eigenvalue weighted by molar-refractivity contribution is 5.96. The Bertz CT molecular complexity index is 482. The number of piperazine rings is 1. The number of rotatable bonds is 2. The molecule has 3 aliphatic rings. The molecule has 1 amide bonds. The van der Waals surface area contributed by atoms with Crippen molar-refractivity contribution in [3.63, 3.8) is 0 Å². The van der Waals surface area contributed by atoms with Crippen molar-refractivity contribution in [3.05, 3.63) is 0 Å². The van der Waals surface area contributed by atoms with E-state index in [0.717, 1.165) is 39.1 Å². The van der Waals surface area contributed by atoms with Crippen LogP contribution in [0.25, 0.3) is 0 Å². The Balaban J connectivity index is 1.84. The maximum absolute atomic E-state index is 13.1. The Morgan fingerprint density at radius 3 is 2.29 bits per heavy atom. The fourth-order valence-corrected chi connectivity index (χ4v) is 4.36. The SMILES string of the molecule is CC[NH+]1CCN(C(=O)C23CCC(C)(C(=O)O2)C3(C)C)CC1. The highest BCUT2D eigenvalue weighted by Crippen LogP contribution is 2.65. The third-order valence-electron chi connectivity index (χ3n) is 6.69. The predicted molar refractivity (Wildman–Crippen MR) is 77.8 cm³/mol. The number of hydrogen-bond donors (Lipinski definition) is 1. The average molecular weight is 295 g/mol. The highest BCUT2D eigenvalue weighted by Gasteiger charge is 2.76. The third kappa shape index (κ3) is 1.67. The minimum atomic E-state index is -0.928. The van der Waals surface area contributed by atoms with Gasteiger partial charge in [0.1, 0.15) is 0 Å². The number of likely N-dealkylation sites (N-methyl/N-ethyl adjacent to an activating group) is 1. The summed E-state index contributed by atoms with van der Waals surface area (Å²) >= 11 is 0. The van der Waals surface area contributed by atoms with E-state index in [-0.39, 0.29) is 11.9 Å². The van der Waals surface area contributed by atoms with E-state index >= 15 is 0 Å². The lowest BCUT2D eigenvalue weighted by molar-refractivity contribution is -0.902. The second-order valence-corrected chi connectivity index (χ2v) is 7.57. The molecule has 2 saturated heterocycles. The minimum Gasteiger partial charge on any atom is -0.448 e. The number of nitrogens with zero attached hydrogens (tertiary/aromatic N) is 1. The number of fused-ring (bicyclic) bond motifs is 2. The van der Waals surface area contributed by atoms with Crippen molar-refractivity contribution in [3.8, 4) is 0 Å². The topological polar surface area (TPSA) is 51.0 Å². The van der Waals surface area contributed by atoms with Crippen LogP contribution in [0.4, 0.5) is 0 Å². The van der Waals surface area contributed by atoms with Crippen LogP contribution in [0.2, 0.25) is 0 Å². The van der Waals surface area contributed by atoms with Gasteiger partial charge in [0, 0.05) is 5.41 Å². The normalized spacial score (nSPS) is 38.7. The van der Waals surface area contributed by atoms with E-state index in [1.165, 1.54) is 4.90 Å². The van der Waals surface area contributed by atoms with Gasteiger partial charge in [0.05, 0.1) is 38.1 Å². The molecule has 2 bridgehead atoms. The second kappa shape index (κ2) is 4.45. The van der Waals surface area contributed by atoms with E-state index in [0.29, 0.717) is 6.42 Å². The summed E-state index contributed by atoms with van der Waals surface area (Å²) in [6, 6.07) is 0. The first-order valence-corrected chi connectivity index (χ1v) is 8.15. The van der Waals surface area contributed by atoms with Crippen molar-refractivity contribution < 1.29 is 19.2 Å². The molecule has 5 nitrogen and oxygen atoms in total. The molecule has 0 aromatic carbocycles. The van der Waals surface area contributed by atoms with Gasteiger partial charge in [0.15, 0.2) is 5.60 Å². The zero-order valence-electron chi connectivity index (χ0n) is 13.6. The quantitative estimate of drug-likeness (QED) is 0.721. The van der Waals surface area contributed by atoms with E-state index in [1.807, 2.05) is 25.7 Å². The van der Waals surface area contributed by atoms with Crippen LogP contribution in [-0.2, 0) is 14.3 Å². The molecule has 21 heavy (non-hydrogen) atoms. The van der Waals surface area contributed by atoms with Crippen LogP contribution in [0, 0.1) is 10.8 Å². The Labute approximate surface area is 126 Å². The molecule has 3 fully saturated rings. The fourth-order valence-electron chi connectivity index (χ4n) is 4.36. The molecule has 1 saturated carbocycles. The van der Waals surface area contributed by atoms with Crippen molar-refractivity contribution >= 4 is 11.9 Å². The zero-order valence-corrected chi connectivity index (χ0v) is 13.6. The molecule has 2 aliphatic heterocycles. The van der Waals surface area contributed by atoms with Gasteiger partial charge in [-0.15, -0.1) is 0 Å². The summed E-state index contributed by atoms with van der Waals surface area (Å²) < 4.78 is 5.70. The number of ether oxygens (including phenoxy) is 1. The lowest BCUT2D eigenvalue weighted by atomic mass is 9.66. The largest absolute Gasteiger partial charge is 0.448 e. The van der Waals surface area contributed by atoms with Gasteiger partial charge >= 0.3 is 5.97 Å². The molecule has 0 spiro atoms. The molecule has 0 radical (unpaired) electrons. The van der Waals surface area contributed by atoms with Crippen LogP contribution in [0.15, 0.2) is 0 Å². The van der Waals surface area contributed by atoms with Crippen molar-refractivity contribution in [2.75, 3.05) is 32.7 Å². The lowest BCUT2D eigenvalue weighted by Crippen LogP contribution is -3.14. The first kappa shape index (κ1) is 14.8. The summed E-state index contributed by atoms with van der Waals surface area (Å²) in [4.78, 5) is 28.8. The number of nitrogens with one attached hydrogen (secondary N) is 1. The number of esters is 1. The van der Waals surface area contributed by atoms with E-state index in [4.69, 9.17) is 4.74 Å². The molecule has 118 valence electrons. The molecule has 5 heteroatoms. The minimum absolute atomic E-state index is 0.0391. The van der Waals surface area contributed by atoms with Gasteiger partial charge in [-0.3, -0.25) is 9.59 Å². The molecule has 1 aliphatic carbocycles. The summed E-state index contributed by atoms with van der Waals surface area (Å²) in [5, 5.41) is 0. The molecular weight excluding hydrogens is 268 g/mol. The average Bonchev–Trinajstić information content (AvgIpc) is 2.77. The molecule has 2 heterocycles.